The van der Waals surface area contributed by atoms with Gasteiger partial charge in [0.05, 0.1) is 18.1 Å². The highest BCUT2D eigenvalue weighted by Gasteiger charge is 2.35. The molecule has 2 saturated heterocycles. The van der Waals surface area contributed by atoms with Crippen LogP contribution in [0.1, 0.15) is 24.4 Å². The molecule has 0 saturated carbocycles. The highest BCUT2D eigenvalue weighted by Crippen LogP contribution is 2.32. The van der Waals surface area contributed by atoms with Crippen LogP contribution in [0.15, 0.2) is 48.5 Å². The molecule has 0 aromatic heterocycles. The van der Waals surface area contributed by atoms with E-state index in [0.717, 1.165) is 31.5 Å². The van der Waals surface area contributed by atoms with Crippen LogP contribution in [0.2, 0.25) is 5.02 Å². The fraction of sp³-hybridized carbons (Fsp3) is 0.409. The lowest BCUT2D eigenvalue weighted by atomic mass is 9.93. The van der Waals surface area contributed by atoms with E-state index in [4.69, 9.17) is 21.1 Å². The standard InChI is InChI=1S/C22H24ClN3O5/c23-18-7-6-17(14-19(18)26(28)29)24-21(27)20(15-4-2-1-3-5-15)25-10-8-16(9-11-25)22-30-12-13-31-22/h1-7,14,16,20,22H,8-13H2,(H,24,27). The Kier molecular flexibility index (Phi) is 6.82. The van der Waals surface area contributed by atoms with Crippen LogP contribution in [0.5, 0.6) is 0 Å². The molecule has 0 aliphatic carbocycles. The number of hydrogen-bond donors (Lipinski definition) is 1. The second kappa shape index (κ2) is 9.74. The number of nitro benzene ring substituents is 1. The highest BCUT2D eigenvalue weighted by molar-refractivity contribution is 6.32. The van der Waals surface area contributed by atoms with Crippen molar-refractivity contribution in [3.63, 3.8) is 0 Å². The molecule has 0 bridgehead atoms. The van der Waals surface area contributed by atoms with Gasteiger partial charge in [-0.15, -0.1) is 0 Å². The molecular weight excluding hydrogens is 422 g/mol. The molecule has 2 heterocycles. The molecule has 4 rings (SSSR count). The number of nitrogens with one attached hydrogen (secondary N) is 1. The minimum absolute atomic E-state index is 0.0287. The Morgan fingerprint density at radius 1 is 1.13 bits per heavy atom. The van der Waals surface area contributed by atoms with Crippen LogP contribution in [0.3, 0.4) is 0 Å². The van der Waals surface area contributed by atoms with Crippen LogP contribution < -0.4 is 5.32 Å². The lowest BCUT2D eigenvalue weighted by molar-refractivity contribution is -0.384. The van der Waals surface area contributed by atoms with E-state index < -0.39 is 11.0 Å². The number of amides is 1. The number of piperidine rings is 1. The molecule has 1 N–H and O–H groups in total. The van der Waals surface area contributed by atoms with E-state index in [-0.39, 0.29) is 22.9 Å². The van der Waals surface area contributed by atoms with Crippen LogP contribution in [0.25, 0.3) is 0 Å². The fourth-order valence-corrected chi connectivity index (χ4v) is 4.39. The van der Waals surface area contributed by atoms with Gasteiger partial charge in [0.15, 0.2) is 6.29 Å². The third-order valence-corrected chi connectivity index (χ3v) is 6.07. The van der Waals surface area contributed by atoms with Gasteiger partial charge in [-0.2, -0.15) is 0 Å². The molecular formula is C22H24ClN3O5. The van der Waals surface area contributed by atoms with Crippen molar-refractivity contribution >= 4 is 28.9 Å². The molecule has 2 aromatic carbocycles. The van der Waals surface area contributed by atoms with Crippen molar-refractivity contribution in [1.29, 1.82) is 0 Å². The molecule has 2 aliphatic heterocycles. The summed E-state index contributed by atoms with van der Waals surface area (Å²) in [5, 5.41) is 14.0. The summed E-state index contributed by atoms with van der Waals surface area (Å²) in [5.41, 5.74) is 0.966. The van der Waals surface area contributed by atoms with Crippen molar-refractivity contribution in [3.8, 4) is 0 Å². The smallest absolute Gasteiger partial charge is 0.289 e. The third kappa shape index (κ3) is 5.04. The summed E-state index contributed by atoms with van der Waals surface area (Å²) in [6, 6.07) is 13.3. The van der Waals surface area contributed by atoms with Gasteiger partial charge in [0, 0.05) is 17.7 Å². The van der Waals surface area contributed by atoms with Gasteiger partial charge in [-0.05, 0) is 43.6 Å². The van der Waals surface area contributed by atoms with Gasteiger partial charge >= 0.3 is 0 Å². The van der Waals surface area contributed by atoms with E-state index in [2.05, 4.69) is 10.2 Å². The third-order valence-electron chi connectivity index (χ3n) is 5.75. The van der Waals surface area contributed by atoms with Crippen LogP contribution in [0.4, 0.5) is 11.4 Å². The summed E-state index contributed by atoms with van der Waals surface area (Å²) in [7, 11) is 0. The molecule has 2 aliphatic rings. The lowest BCUT2D eigenvalue weighted by Gasteiger charge is -2.38. The molecule has 1 unspecified atom stereocenters. The second-order valence-electron chi connectivity index (χ2n) is 7.71. The molecule has 0 radical (unpaired) electrons. The van der Waals surface area contributed by atoms with E-state index in [1.54, 1.807) is 6.07 Å². The van der Waals surface area contributed by atoms with Crippen LogP contribution in [-0.4, -0.2) is 48.3 Å². The maximum absolute atomic E-state index is 13.3. The number of nitrogens with zero attached hydrogens (tertiary/aromatic N) is 2. The topological polar surface area (TPSA) is 93.9 Å². The Morgan fingerprint density at radius 3 is 2.45 bits per heavy atom. The Bertz CT molecular complexity index is 928. The van der Waals surface area contributed by atoms with Crippen molar-refractivity contribution in [1.82, 2.24) is 4.90 Å². The van der Waals surface area contributed by atoms with E-state index in [1.807, 2.05) is 30.3 Å². The van der Waals surface area contributed by atoms with E-state index in [9.17, 15) is 14.9 Å². The molecule has 2 fully saturated rings. The number of anilines is 1. The Balaban J connectivity index is 1.51. The van der Waals surface area contributed by atoms with E-state index in [1.165, 1.54) is 12.1 Å². The van der Waals surface area contributed by atoms with Gasteiger partial charge in [0.25, 0.3) is 5.69 Å². The van der Waals surface area contributed by atoms with Crippen molar-refractivity contribution < 1.29 is 19.2 Å². The number of benzene rings is 2. The maximum atomic E-state index is 13.3. The maximum Gasteiger partial charge on any atom is 0.289 e. The Morgan fingerprint density at radius 2 is 1.81 bits per heavy atom. The van der Waals surface area contributed by atoms with Gasteiger partial charge in [-0.25, -0.2) is 0 Å². The Hall–Kier alpha value is -2.52. The molecule has 2 aromatic rings. The van der Waals surface area contributed by atoms with Crippen LogP contribution >= 0.6 is 11.6 Å². The van der Waals surface area contributed by atoms with Crippen molar-refractivity contribution in [2.75, 3.05) is 31.6 Å². The predicted molar refractivity (Wildman–Crippen MR) is 116 cm³/mol. The van der Waals surface area contributed by atoms with Crippen LogP contribution in [-0.2, 0) is 14.3 Å². The molecule has 164 valence electrons. The molecule has 8 nitrogen and oxygen atoms in total. The number of nitro groups is 1. The average molecular weight is 446 g/mol. The molecule has 9 heteroatoms. The quantitative estimate of drug-likeness (QED) is 0.533. The summed E-state index contributed by atoms with van der Waals surface area (Å²) in [5.74, 6) is 0.0757. The molecule has 1 atom stereocenters. The molecule has 0 spiro atoms. The minimum Gasteiger partial charge on any atom is -0.350 e. The Labute approximate surface area is 185 Å². The van der Waals surface area contributed by atoms with Crippen molar-refractivity contribution in [3.05, 3.63) is 69.2 Å². The second-order valence-corrected chi connectivity index (χ2v) is 8.12. The monoisotopic (exact) mass is 445 g/mol. The summed E-state index contributed by atoms with van der Waals surface area (Å²) in [4.78, 5) is 26.1. The van der Waals surface area contributed by atoms with E-state index in [0.29, 0.717) is 24.8 Å². The van der Waals surface area contributed by atoms with Crippen molar-refractivity contribution in [2.45, 2.75) is 25.2 Å². The van der Waals surface area contributed by atoms with Crippen molar-refractivity contribution in [2.24, 2.45) is 5.92 Å². The zero-order valence-electron chi connectivity index (χ0n) is 16.9. The fourth-order valence-electron chi connectivity index (χ4n) is 4.20. The van der Waals surface area contributed by atoms with E-state index >= 15 is 0 Å². The summed E-state index contributed by atoms with van der Waals surface area (Å²) in [6.07, 6.45) is 1.59. The SMILES string of the molecule is O=C(Nc1ccc(Cl)c([N+](=O)[O-])c1)C(c1ccccc1)N1CCC(C2OCCO2)CC1. The predicted octanol–water partition coefficient (Wildman–Crippen LogP) is 4.01. The normalized spacial score (nSPS) is 19.3. The van der Waals surface area contributed by atoms with Gasteiger partial charge in [0.1, 0.15) is 11.1 Å². The van der Waals surface area contributed by atoms with Crippen LogP contribution in [0, 0.1) is 16.0 Å². The number of rotatable bonds is 6. The largest absolute Gasteiger partial charge is 0.350 e. The first kappa shape index (κ1) is 21.7. The first-order valence-corrected chi connectivity index (χ1v) is 10.7. The lowest BCUT2D eigenvalue weighted by Crippen LogP contribution is -2.44. The van der Waals surface area contributed by atoms with Gasteiger partial charge in [-0.3, -0.25) is 19.8 Å². The summed E-state index contributed by atoms with van der Waals surface area (Å²) < 4.78 is 11.3. The minimum atomic E-state index is -0.565. The molecule has 1 amide bonds. The summed E-state index contributed by atoms with van der Waals surface area (Å²) >= 11 is 5.89. The zero-order chi connectivity index (χ0) is 21.8. The van der Waals surface area contributed by atoms with Gasteiger partial charge in [0.2, 0.25) is 5.91 Å². The number of carbonyl (C=O) groups is 1. The zero-order valence-corrected chi connectivity index (χ0v) is 17.7. The van der Waals surface area contributed by atoms with Gasteiger partial charge in [-0.1, -0.05) is 41.9 Å². The number of ether oxygens (including phenoxy) is 2. The molecule has 31 heavy (non-hydrogen) atoms. The highest BCUT2D eigenvalue weighted by atomic mass is 35.5. The first-order chi connectivity index (χ1) is 15.0. The number of hydrogen-bond acceptors (Lipinski definition) is 6. The first-order valence-electron chi connectivity index (χ1n) is 10.3. The summed E-state index contributed by atoms with van der Waals surface area (Å²) in [6.45, 7) is 2.71. The van der Waals surface area contributed by atoms with Gasteiger partial charge < -0.3 is 14.8 Å². The number of carbonyl (C=O) groups excluding carboxylic acids is 1. The number of likely N-dealkylation sites (tertiary alicyclic amines) is 1. The average Bonchev–Trinajstić information content (AvgIpc) is 3.31. The number of halogens is 1.